The van der Waals surface area contributed by atoms with Gasteiger partial charge in [-0.3, -0.25) is 4.79 Å². The summed E-state index contributed by atoms with van der Waals surface area (Å²) < 4.78 is 5.58. The van der Waals surface area contributed by atoms with Gasteiger partial charge in [-0.15, -0.1) is 22.7 Å². The van der Waals surface area contributed by atoms with Crippen LogP contribution in [0.4, 0.5) is 0 Å². The zero-order chi connectivity index (χ0) is 17.8. The summed E-state index contributed by atoms with van der Waals surface area (Å²) in [5.41, 5.74) is 2.40. The Kier molecular flexibility index (Phi) is 5.63. The van der Waals surface area contributed by atoms with Gasteiger partial charge in [-0.05, 0) is 24.1 Å². The van der Waals surface area contributed by atoms with Crippen LogP contribution in [0, 0.1) is 0 Å². The van der Waals surface area contributed by atoms with E-state index in [0.717, 1.165) is 28.3 Å². The Morgan fingerprint density at radius 1 is 1.16 bits per heavy atom. The molecule has 7 heteroatoms. The Balaban J connectivity index is 1.63. The van der Waals surface area contributed by atoms with Gasteiger partial charge in [0, 0.05) is 10.9 Å². The minimum atomic E-state index is -0.608. The van der Waals surface area contributed by atoms with Crippen molar-refractivity contribution in [2.24, 2.45) is 0 Å². The second-order valence-electron chi connectivity index (χ2n) is 5.19. The minimum Gasteiger partial charge on any atom is -0.453 e. The lowest BCUT2D eigenvalue weighted by molar-refractivity contribution is 0.0471. The molecule has 2 aromatic heterocycles. The molecule has 0 radical (unpaired) electrons. The number of hydrogen-bond donors (Lipinski definition) is 0. The number of ether oxygens (including phenoxy) is 1. The van der Waals surface area contributed by atoms with Crippen LogP contribution >= 0.6 is 34.3 Å². The number of ketones is 1. The molecule has 0 amide bonds. The number of halogens is 1. The first-order valence-corrected chi connectivity index (χ1v) is 9.64. The third kappa shape index (κ3) is 4.34. The Bertz CT molecular complexity index is 899. The van der Waals surface area contributed by atoms with Crippen LogP contribution in [0.25, 0.3) is 10.6 Å². The van der Waals surface area contributed by atoms with E-state index in [1.54, 1.807) is 17.5 Å². The quantitative estimate of drug-likeness (QED) is 0.432. The first kappa shape index (κ1) is 17.8. The van der Waals surface area contributed by atoms with E-state index in [1.165, 1.54) is 16.9 Å². The van der Waals surface area contributed by atoms with Crippen molar-refractivity contribution in [3.8, 4) is 10.6 Å². The van der Waals surface area contributed by atoms with Gasteiger partial charge >= 0.3 is 5.97 Å². The predicted octanol–water partition coefficient (Wildman–Crippen LogP) is 5.13. The van der Waals surface area contributed by atoms with Gasteiger partial charge in [-0.25, -0.2) is 9.78 Å². The SMILES string of the molecule is CCc1ccc(-c2nc(C(=O)OCC(=O)c3ccc(Cl)s3)cs2)cc1. The smallest absolute Gasteiger partial charge is 0.358 e. The van der Waals surface area contributed by atoms with E-state index in [1.807, 2.05) is 24.3 Å². The fourth-order valence-corrected chi connectivity index (χ4v) is 3.89. The molecule has 0 N–H and O–H groups in total. The van der Waals surface area contributed by atoms with Crippen molar-refractivity contribution in [1.29, 1.82) is 0 Å². The molecular weight excluding hydrogens is 378 g/mol. The number of aryl methyl sites for hydroxylation is 1. The average molecular weight is 392 g/mol. The lowest BCUT2D eigenvalue weighted by atomic mass is 10.1. The molecule has 0 atom stereocenters. The second-order valence-corrected chi connectivity index (χ2v) is 7.76. The first-order chi connectivity index (χ1) is 12.1. The van der Waals surface area contributed by atoms with Crippen molar-refractivity contribution >= 4 is 46.0 Å². The van der Waals surface area contributed by atoms with Gasteiger partial charge in [0.25, 0.3) is 0 Å². The molecule has 0 aliphatic rings. The van der Waals surface area contributed by atoms with Crippen LogP contribution in [0.3, 0.4) is 0 Å². The number of esters is 1. The topological polar surface area (TPSA) is 56.3 Å². The summed E-state index contributed by atoms with van der Waals surface area (Å²) in [4.78, 5) is 28.8. The number of thiazole rings is 1. The van der Waals surface area contributed by atoms with Crippen LogP contribution in [-0.4, -0.2) is 23.3 Å². The number of nitrogens with zero attached hydrogens (tertiary/aromatic N) is 1. The lowest BCUT2D eigenvalue weighted by Crippen LogP contribution is -2.13. The molecule has 25 heavy (non-hydrogen) atoms. The average Bonchev–Trinajstić information content (AvgIpc) is 3.29. The molecule has 0 spiro atoms. The fourth-order valence-electron chi connectivity index (χ4n) is 2.12. The van der Waals surface area contributed by atoms with Gasteiger partial charge in [0.1, 0.15) is 5.01 Å². The molecule has 1 aromatic carbocycles. The zero-order valence-corrected chi connectivity index (χ0v) is 15.7. The van der Waals surface area contributed by atoms with Crippen molar-refractivity contribution in [3.05, 3.63) is 62.2 Å². The van der Waals surface area contributed by atoms with Gasteiger partial charge in [0.05, 0.1) is 9.21 Å². The standard InChI is InChI=1S/C18H14ClNO3S2/c1-2-11-3-5-12(6-4-11)17-20-13(10-24-17)18(22)23-9-14(21)15-7-8-16(19)25-15/h3-8,10H,2,9H2,1H3. The molecule has 0 fully saturated rings. The number of Topliss-reactive ketones (excluding diaryl/α,β-unsaturated/α-hetero) is 1. The Labute approximate surface area is 158 Å². The third-order valence-corrected chi connectivity index (χ3v) is 5.67. The number of carbonyl (C=O) groups is 2. The molecule has 4 nitrogen and oxygen atoms in total. The van der Waals surface area contributed by atoms with Crippen LogP contribution in [0.15, 0.2) is 41.8 Å². The summed E-state index contributed by atoms with van der Waals surface area (Å²) in [7, 11) is 0. The Morgan fingerprint density at radius 2 is 1.92 bits per heavy atom. The van der Waals surface area contributed by atoms with Crippen molar-refractivity contribution in [1.82, 2.24) is 4.98 Å². The summed E-state index contributed by atoms with van der Waals surface area (Å²) in [5, 5.41) is 2.38. The van der Waals surface area contributed by atoms with Crippen molar-refractivity contribution in [2.75, 3.05) is 6.61 Å². The molecule has 0 bridgehead atoms. The number of hydrogen-bond acceptors (Lipinski definition) is 6. The number of carbonyl (C=O) groups excluding carboxylic acids is 2. The molecule has 3 aromatic rings. The van der Waals surface area contributed by atoms with E-state index in [4.69, 9.17) is 16.3 Å². The highest BCUT2D eigenvalue weighted by molar-refractivity contribution is 7.18. The maximum Gasteiger partial charge on any atom is 0.358 e. The number of benzene rings is 1. The molecule has 0 saturated heterocycles. The summed E-state index contributed by atoms with van der Waals surface area (Å²) in [6, 6.07) is 11.3. The van der Waals surface area contributed by atoms with E-state index in [-0.39, 0.29) is 18.1 Å². The molecule has 3 rings (SSSR count). The second kappa shape index (κ2) is 7.91. The molecule has 128 valence electrons. The van der Waals surface area contributed by atoms with Gasteiger partial charge in [-0.2, -0.15) is 0 Å². The highest BCUT2D eigenvalue weighted by Gasteiger charge is 2.16. The predicted molar refractivity (Wildman–Crippen MR) is 101 cm³/mol. The van der Waals surface area contributed by atoms with E-state index in [0.29, 0.717) is 9.21 Å². The van der Waals surface area contributed by atoms with E-state index in [9.17, 15) is 9.59 Å². The maximum absolute atomic E-state index is 12.1. The Hall–Kier alpha value is -2.02. The van der Waals surface area contributed by atoms with Crippen LogP contribution in [0.1, 0.15) is 32.6 Å². The molecule has 0 aliphatic carbocycles. The monoisotopic (exact) mass is 391 g/mol. The molecular formula is C18H14ClNO3S2. The van der Waals surface area contributed by atoms with E-state index in [2.05, 4.69) is 11.9 Å². The van der Waals surface area contributed by atoms with Gasteiger partial charge in [0.2, 0.25) is 5.78 Å². The highest BCUT2D eigenvalue weighted by atomic mass is 35.5. The van der Waals surface area contributed by atoms with Crippen LogP contribution in [-0.2, 0) is 11.2 Å². The number of thiophene rings is 1. The Morgan fingerprint density at radius 3 is 2.56 bits per heavy atom. The normalized spacial score (nSPS) is 10.6. The summed E-state index contributed by atoms with van der Waals surface area (Å²) >= 11 is 8.32. The molecule has 0 saturated carbocycles. The lowest BCUT2D eigenvalue weighted by Gasteiger charge is -2.01. The van der Waals surface area contributed by atoms with Gasteiger partial charge < -0.3 is 4.74 Å². The van der Waals surface area contributed by atoms with Crippen LogP contribution in [0.2, 0.25) is 4.34 Å². The molecule has 0 aliphatic heterocycles. The molecule has 2 heterocycles. The molecule has 0 unspecified atom stereocenters. The van der Waals surface area contributed by atoms with Gasteiger partial charge in [0.15, 0.2) is 12.3 Å². The number of rotatable bonds is 6. The highest BCUT2D eigenvalue weighted by Crippen LogP contribution is 2.25. The summed E-state index contributed by atoms with van der Waals surface area (Å²) in [6.07, 6.45) is 0.971. The van der Waals surface area contributed by atoms with E-state index < -0.39 is 5.97 Å². The maximum atomic E-state index is 12.1. The first-order valence-electron chi connectivity index (χ1n) is 7.57. The zero-order valence-electron chi connectivity index (χ0n) is 13.3. The third-order valence-electron chi connectivity index (χ3n) is 3.50. The van der Waals surface area contributed by atoms with Crippen molar-refractivity contribution in [3.63, 3.8) is 0 Å². The van der Waals surface area contributed by atoms with Crippen molar-refractivity contribution < 1.29 is 14.3 Å². The van der Waals surface area contributed by atoms with E-state index >= 15 is 0 Å². The van der Waals surface area contributed by atoms with Crippen molar-refractivity contribution in [2.45, 2.75) is 13.3 Å². The minimum absolute atomic E-state index is 0.205. The number of aromatic nitrogens is 1. The van der Waals surface area contributed by atoms with Crippen LogP contribution < -0.4 is 0 Å². The fraction of sp³-hybridized carbons (Fsp3) is 0.167. The summed E-state index contributed by atoms with van der Waals surface area (Å²) in [6.45, 7) is 1.77. The van der Waals surface area contributed by atoms with Gasteiger partial charge in [-0.1, -0.05) is 42.8 Å². The largest absolute Gasteiger partial charge is 0.453 e. The van der Waals surface area contributed by atoms with Crippen LogP contribution in [0.5, 0.6) is 0 Å². The summed E-state index contributed by atoms with van der Waals surface area (Å²) in [5.74, 6) is -0.889.